The van der Waals surface area contributed by atoms with E-state index in [-0.39, 0.29) is 10.9 Å². The van der Waals surface area contributed by atoms with Crippen molar-refractivity contribution >= 4 is 16.9 Å². The summed E-state index contributed by atoms with van der Waals surface area (Å²) in [6.45, 7) is 0.823. The molecular weight excluding hydrogens is 249 g/mol. The molecule has 0 saturated heterocycles. The van der Waals surface area contributed by atoms with Crippen molar-refractivity contribution in [3.63, 3.8) is 0 Å². The third kappa shape index (κ3) is 4.42. The van der Waals surface area contributed by atoms with Crippen molar-refractivity contribution in [3.05, 3.63) is 35.9 Å². The number of carbonyl (C=O) groups is 1. The Morgan fingerprint density at radius 3 is 2.47 bits per heavy atom. The zero-order valence-electron chi connectivity index (χ0n) is 9.33. The fourth-order valence-corrected chi connectivity index (χ4v) is 2.00. The standard InChI is InChI=1S/C12H13F3OS/c1-9(13)12(14,15)7-8-17-11(16)10-5-3-2-4-6-10/h2-6,9H,7-8H2,1H3. The molecule has 0 bridgehead atoms. The quantitative estimate of drug-likeness (QED) is 0.799. The first-order chi connectivity index (χ1) is 7.93. The highest BCUT2D eigenvalue weighted by molar-refractivity contribution is 8.14. The van der Waals surface area contributed by atoms with E-state index < -0.39 is 18.5 Å². The third-order valence-corrected chi connectivity index (χ3v) is 3.17. The van der Waals surface area contributed by atoms with Gasteiger partial charge in [0, 0.05) is 17.7 Å². The van der Waals surface area contributed by atoms with Crippen LogP contribution >= 0.6 is 11.8 Å². The predicted molar refractivity (Wildman–Crippen MR) is 63.4 cm³/mol. The highest BCUT2D eigenvalue weighted by atomic mass is 32.2. The molecule has 1 rings (SSSR count). The van der Waals surface area contributed by atoms with Crippen LogP contribution in [0.5, 0.6) is 0 Å². The molecule has 0 radical (unpaired) electrons. The molecule has 0 amide bonds. The van der Waals surface area contributed by atoms with E-state index in [9.17, 15) is 18.0 Å². The highest BCUT2D eigenvalue weighted by Crippen LogP contribution is 2.27. The zero-order valence-corrected chi connectivity index (χ0v) is 10.1. The molecule has 1 unspecified atom stereocenters. The van der Waals surface area contributed by atoms with Gasteiger partial charge < -0.3 is 0 Å². The summed E-state index contributed by atoms with van der Waals surface area (Å²) < 4.78 is 38.3. The molecule has 0 saturated carbocycles. The maximum atomic E-state index is 12.9. The molecule has 0 aromatic heterocycles. The van der Waals surface area contributed by atoms with E-state index in [1.807, 2.05) is 0 Å². The molecule has 0 fully saturated rings. The van der Waals surface area contributed by atoms with Gasteiger partial charge in [0.25, 0.3) is 5.92 Å². The van der Waals surface area contributed by atoms with E-state index in [1.165, 1.54) is 0 Å². The summed E-state index contributed by atoms with van der Waals surface area (Å²) in [6, 6.07) is 8.40. The van der Waals surface area contributed by atoms with Gasteiger partial charge in [-0.25, -0.2) is 13.2 Å². The summed E-state index contributed by atoms with van der Waals surface area (Å²) in [7, 11) is 0. The molecule has 17 heavy (non-hydrogen) atoms. The van der Waals surface area contributed by atoms with Gasteiger partial charge in [-0.05, 0) is 6.92 Å². The molecule has 0 aliphatic rings. The number of hydrogen-bond acceptors (Lipinski definition) is 2. The second-order valence-electron chi connectivity index (χ2n) is 3.63. The van der Waals surface area contributed by atoms with Crippen LogP contribution < -0.4 is 0 Å². The number of thioether (sulfide) groups is 1. The Balaban J connectivity index is 2.40. The number of rotatable bonds is 5. The first kappa shape index (κ1) is 14.1. The third-order valence-electron chi connectivity index (χ3n) is 2.26. The summed E-state index contributed by atoms with van der Waals surface area (Å²) in [5.74, 6) is -3.45. The van der Waals surface area contributed by atoms with Gasteiger partial charge in [-0.15, -0.1) is 0 Å². The summed E-state index contributed by atoms with van der Waals surface area (Å²) in [6.07, 6.45) is -2.82. The van der Waals surface area contributed by atoms with Crippen LogP contribution in [0.2, 0.25) is 0 Å². The second kappa shape index (κ2) is 6.10. The molecule has 1 nitrogen and oxygen atoms in total. The monoisotopic (exact) mass is 262 g/mol. The van der Waals surface area contributed by atoms with Crippen molar-refractivity contribution in [3.8, 4) is 0 Å². The first-order valence-corrected chi connectivity index (χ1v) is 6.16. The second-order valence-corrected chi connectivity index (χ2v) is 4.70. The van der Waals surface area contributed by atoms with E-state index >= 15 is 0 Å². The van der Waals surface area contributed by atoms with Gasteiger partial charge in [0.2, 0.25) is 5.12 Å². The maximum absolute atomic E-state index is 12.9. The fraction of sp³-hybridized carbons (Fsp3) is 0.417. The minimum atomic E-state index is -3.36. The van der Waals surface area contributed by atoms with Crippen LogP contribution in [0.3, 0.4) is 0 Å². The SMILES string of the molecule is CC(F)C(F)(F)CCSC(=O)c1ccccc1. The van der Waals surface area contributed by atoms with Crippen LogP contribution in [0, 0.1) is 0 Å². The fourth-order valence-electron chi connectivity index (χ4n) is 1.14. The van der Waals surface area contributed by atoms with Crippen LogP contribution in [-0.2, 0) is 0 Å². The predicted octanol–water partition coefficient (Wildman–Crippen LogP) is 3.94. The molecule has 0 N–H and O–H groups in total. The van der Waals surface area contributed by atoms with Crippen LogP contribution in [0.15, 0.2) is 30.3 Å². The van der Waals surface area contributed by atoms with Crippen LogP contribution in [-0.4, -0.2) is 23.0 Å². The average Bonchev–Trinajstić information content (AvgIpc) is 2.29. The lowest BCUT2D eigenvalue weighted by Gasteiger charge is -2.16. The van der Waals surface area contributed by atoms with E-state index in [4.69, 9.17) is 0 Å². The smallest absolute Gasteiger partial charge is 0.279 e. The van der Waals surface area contributed by atoms with Gasteiger partial charge in [-0.3, -0.25) is 4.79 Å². The lowest BCUT2D eigenvalue weighted by Crippen LogP contribution is -2.28. The molecule has 0 aliphatic carbocycles. The molecule has 0 spiro atoms. The van der Waals surface area contributed by atoms with Crippen molar-refractivity contribution in [2.45, 2.75) is 25.4 Å². The van der Waals surface area contributed by atoms with Gasteiger partial charge in [0.05, 0.1) is 0 Å². The molecule has 0 aliphatic heterocycles. The molecule has 0 heterocycles. The van der Waals surface area contributed by atoms with Gasteiger partial charge in [0.15, 0.2) is 6.17 Å². The van der Waals surface area contributed by atoms with Gasteiger partial charge >= 0.3 is 0 Å². The number of hydrogen-bond donors (Lipinski definition) is 0. The lowest BCUT2D eigenvalue weighted by atomic mass is 10.2. The maximum Gasteiger partial charge on any atom is 0.279 e. The van der Waals surface area contributed by atoms with Crippen LogP contribution in [0.4, 0.5) is 13.2 Å². The summed E-state index contributed by atoms with van der Waals surface area (Å²) in [5.41, 5.74) is 0.467. The summed E-state index contributed by atoms with van der Waals surface area (Å²) >= 11 is 0.788. The molecule has 1 atom stereocenters. The zero-order chi connectivity index (χ0) is 12.9. The number of halogens is 3. The molecule has 1 aromatic rings. The normalized spacial score (nSPS) is 13.4. The Morgan fingerprint density at radius 2 is 1.94 bits per heavy atom. The van der Waals surface area contributed by atoms with Crippen molar-refractivity contribution in [1.82, 2.24) is 0 Å². The number of benzene rings is 1. The highest BCUT2D eigenvalue weighted by Gasteiger charge is 2.36. The number of carbonyl (C=O) groups excluding carboxylic acids is 1. The van der Waals surface area contributed by atoms with Gasteiger partial charge in [-0.2, -0.15) is 0 Å². The average molecular weight is 262 g/mol. The van der Waals surface area contributed by atoms with E-state index in [1.54, 1.807) is 30.3 Å². The topological polar surface area (TPSA) is 17.1 Å². The van der Waals surface area contributed by atoms with Crippen molar-refractivity contribution < 1.29 is 18.0 Å². The Hall–Kier alpha value is -0.970. The number of alkyl halides is 3. The van der Waals surface area contributed by atoms with Crippen molar-refractivity contribution in [1.29, 1.82) is 0 Å². The Labute approximate surface area is 102 Å². The molecular formula is C12H13F3OS. The van der Waals surface area contributed by atoms with Crippen molar-refractivity contribution in [2.24, 2.45) is 0 Å². The van der Waals surface area contributed by atoms with E-state index in [0.717, 1.165) is 18.7 Å². The molecule has 1 aromatic carbocycles. The summed E-state index contributed by atoms with van der Waals surface area (Å²) in [4.78, 5) is 11.5. The van der Waals surface area contributed by atoms with Gasteiger partial charge in [0.1, 0.15) is 0 Å². The minimum Gasteiger partial charge on any atom is -0.282 e. The Morgan fingerprint density at radius 1 is 1.35 bits per heavy atom. The molecule has 94 valence electrons. The Kier molecular flexibility index (Phi) is 5.05. The van der Waals surface area contributed by atoms with Crippen LogP contribution in [0.1, 0.15) is 23.7 Å². The Bertz CT molecular complexity index is 365. The first-order valence-electron chi connectivity index (χ1n) is 5.17. The van der Waals surface area contributed by atoms with Gasteiger partial charge in [-0.1, -0.05) is 42.1 Å². The largest absolute Gasteiger partial charge is 0.282 e. The minimum absolute atomic E-state index is 0.0883. The van der Waals surface area contributed by atoms with Crippen LogP contribution in [0.25, 0.3) is 0 Å². The summed E-state index contributed by atoms with van der Waals surface area (Å²) in [5, 5.41) is -0.270. The van der Waals surface area contributed by atoms with E-state index in [2.05, 4.69) is 0 Å². The lowest BCUT2D eigenvalue weighted by molar-refractivity contribution is -0.0662. The molecule has 5 heteroatoms. The van der Waals surface area contributed by atoms with E-state index in [0.29, 0.717) is 5.56 Å². The van der Waals surface area contributed by atoms with Crippen molar-refractivity contribution in [2.75, 3.05) is 5.75 Å².